The van der Waals surface area contributed by atoms with E-state index in [4.69, 9.17) is 24.7 Å². The van der Waals surface area contributed by atoms with Gasteiger partial charge in [0, 0.05) is 19.4 Å². The van der Waals surface area contributed by atoms with Crippen LogP contribution in [-0.2, 0) is 44.7 Å². The summed E-state index contributed by atoms with van der Waals surface area (Å²) in [5.41, 5.74) is 3.54. The van der Waals surface area contributed by atoms with E-state index in [-0.39, 0.29) is 56.6 Å². The van der Waals surface area contributed by atoms with Crippen molar-refractivity contribution in [1.29, 1.82) is 0 Å². The van der Waals surface area contributed by atoms with E-state index < -0.39 is 46.4 Å². The molecule has 13 heteroatoms. The Morgan fingerprint density at radius 2 is 1.47 bits per heavy atom. The van der Waals surface area contributed by atoms with Crippen molar-refractivity contribution in [2.75, 3.05) is 19.8 Å². The number of amides is 4. The maximum atomic E-state index is 12.7. The molecule has 0 saturated carbocycles. The minimum atomic E-state index is -1.000. The molecule has 278 valence electrons. The molecule has 0 fully saturated rings. The SMILES string of the molecule is CC(CNC(=O)CC(C)(C)OCC(C)(C)NC(=O)OC(C)(C)C)COC(C)(C)CCC(=O)N[C@@H](CCC(=O)OCc1ccccc1)C(N)=O. The molecule has 5 N–H and O–H groups in total. The number of nitrogens with one attached hydrogen (secondary N) is 3. The van der Waals surface area contributed by atoms with E-state index in [2.05, 4.69) is 16.0 Å². The van der Waals surface area contributed by atoms with Gasteiger partial charge in [0.05, 0.1) is 36.4 Å². The van der Waals surface area contributed by atoms with E-state index in [1.54, 1.807) is 20.8 Å². The van der Waals surface area contributed by atoms with Crippen molar-refractivity contribution < 1.29 is 42.9 Å². The number of benzene rings is 1. The molecule has 1 rings (SSSR count). The Kier molecular flexibility index (Phi) is 17.2. The molecule has 0 aliphatic heterocycles. The van der Waals surface area contributed by atoms with Crippen molar-refractivity contribution in [3.63, 3.8) is 0 Å². The summed E-state index contributed by atoms with van der Waals surface area (Å²) in [7, 11) is 0. The summed E-state index contributed by atoms with van der Waals surface area (Å²) in [5, 5.41) is 8.32. The van der Waals surface area contributed by atoms with Gasteiger partial charge < -0.3 is 40.6 Å². The van der Waals surface area contributed by atoms with E-state index >= 15 is 0 Å². The number of hydrogen-bond acceptors (Lipinski definition) is 9. The quantitative estimate of drug-likeness (QED) is 0.136. The summed E-state index contributed by atoms with van der Waals surface area (Å²) >= 11 is 0. The van der Waals surface area contributed by atoms with Gasteiger partial charge in [0.1, 0.15) is 18.2 Å². The summed E-state index contributed by atoms with van der Waals surface area (Å²) in [4.78, 5) is 61.5. The lowest BCUT2D eigenvalue weighted by molar-refractivity contribution is -0.145. The first-order valence-corrected chi connectivity index (χ1v) is 16.8. The zero-order valence-corrected chi connectivity index (χ0v) is 31.2. The minimum Gasteiger partial charge on any atom is -0.461 e. The molecule has 13 nitrogen and oxygen atoms in total. The van der Waals surface area contributed by atoms with Crippen LogP contribution in [0.4, 0.5) is 4.79 Å². The molecule has 4 amide bonds. The molecule has 0 aliphatic rings. The Hall–Kier alpha value is -3.71. The smallest absolute Gasteiger partial charge is 0.408 e. The average Bonchev–Trinajstić information content (AvgIpc) is 2.97. The van der Waals surface area contributed by atoms with Gasteiger partial charge >= 0.3 is 12.1 Å². The highest BCUT2D eigenvalue weighted by Crippen LogP contribution is 2.20. The van der Waals surface area contributed by atoms with Gasteiger partial charge in [-0.1, -0.05) is 37.3 Å². The predicted octanol–water partition coefficient (Wildman–Crippen LogP) is 4.30. The average molecular weight is 693 g/mol. The van der Waals surface area contributed by atoms with Crippen LogP contribution in [0.15, 0.2) is 30.3 Å². The van der Waals surface area contributed by atoms with Crippen molar-refractivity contribution in [3.05, 3.63) is 35.9 Å². The van der Waals surface area contributed by atoms with Gasteiger partial charge in [-0.25, -0.2) is 4.79 Å². The number of rotatable bonds is 21. The number of nitrogens with two attached hydrogens (primary N) is 1. The maximum Gasteiger partial charge on any atom is 0.408 e. The molecule has 0 bridgehead atoms. The molecule has 1 aromatic rings. The number of esters is 1. The summed E-state index contributed by atoms with van der Waals surface area (Å²) in [6, 6.07) is 8.22. The standard InChI is InChI=1S/C36H60N4O9/c1-25(21-38-29(42)20-36(9,10)48-24-34(5,6)40-32(45)49-33(2,3)4)22-47-35(7,8)19-18-28(41)39-27(31(37)44)16-17-30(43)46-23-26-14-12-11-13-15-26/h11-15,25,27H,16-24H2,1-10H3,(H2,37,44)(H,38,42)(H,39,41)(H,40,45)/t25?,27-/m0/s1. The minimum absolute atomic E-state index is 0.0149. The topological polar surface area (TPSA) is 184 Å². The number of carbonyl (C=O) groups excluding carboxylic acids is 5. The van der Waals surface area contributed by atoms with Crippen molar-refractivity contribution in [2.45, 2.75) is 136 Å². The second-order valence-corrected chi connectivity index (χ2v) is 15.4. The Labute approximate surface area is 292 Å². The third-order valence-corrected chi connectivity index (χ3v) is 7.17. The van der Waals surface area contributed by atoms with Gasteiger partial charge in [0.2, 0.25) is 17.7 Å². The van der Waals surface area contributed by atoms with Gasteiger partial charge in [-0.15, -0.1) is 0 Å². The van der Waals surface area contributed by atoms with E-state index in [0.29, 0.717) is 19.6 Å². The molecule has 49 heavy (non-hydrogen) atoms. The van der Waals surface area contributed by atoms with E-state index in [1.807, 2.05) is 78.8 Å². The van der Waals surface area contributed by atoms with Crippen LogP contribution < -0.4 is 21.7 Å². The highest BCUT2D eigenvalue weighted by molar-refractivity contribution is 5.87. The molecular formula is C36H60N4O9. The summed E-state index contributed by atoms with van der Waals surface area (Å²) in [6.45, 7) is 19.3. The number of alkyl carbamates (subject to hydrolysis) is 1. The van der Waals surface area contributed by atoms with Gasteiger partial charge in [-0.2, -0.15) is 0 Å². The van der Waals surface area contributed by atoms with Crippen molar-refractivity contribution >= 4 is 29.8 Å². The monoisotopic (exact) mass is 692 g/mol. The van der Waals surface area contributed by atoms with E-state index in [1.165, 1.54) is 0 Å². The lowest BCUT2D eigenvalue weighted by Crippen LogP contribution is -2.50. The Morgan fingerprint density at radius 3 is 2.06 bits per heavy atom. The third kappa shape index (κ3) is 21.1. The Morgan fingerprint density at radius 1 is 0.837 bits per heavy atom. The lowest BCUT2D eigenvalue weighted by Gasteiger charge is -2.33. The van der Waals surface area contributed by atoms with Gasteiger partial charge in [-0.3, -0.25) is 19.2 Å². The molecule has 1 unspecified atom stereocenters. The second kappa shape index (κ2) is 19.5. The Bertz CT molecular complexity index is 1230. The number of hydrogen-bond donors (Lipinski definition) is 4. The first-order chi connectivity index (χ1) is 22.5. The van der Waals surface area contributed by atoms with Gasteiger partial charge in [0.15, 0.2) is 0 Å². The van der Waals surface area contributed by atoms with Crippen LogP contribution in [0.3, 0.4) is 0 Å². The summed E-state index contributed by atoms with van der Waals surface area (Å²) in [6.07, 6.45) is -0.0104. The Balaban J connectivity index is 2.39. The van der Waals surface area contributed by atoms with Gasteiger partial charge in [-0.05, 0) is 86.6 Å². The highest BCUT2D eigenvalue weighted by Gasteiger charge is 2.30. The first-order valence-electron chi connectivity index (χ1n) is 16.8. The molecule has 0 spiro atoms. The predicted molar refractivity (Wildman–Crippen MR) is 186 cm³/mol. The first kappa shape index (κ1) is 43.3. The van der Waals surface area contributed by atoms with Crippen LogP contribution in [0.2, 0.25) is 0 Å². The van der Waals surface area contributed by atoms with Crippen LogP contribution in [0.1, 0.15) is 107 Å². The summed E-state index contributed by atoms with van der Waals surface area (Å²) in [5.74, 6) is -1.80. The third-order valence-electron chi connectivity index (χ3n) is 7.17. The molecule has 0 aromatic heterocycles. The zero-order chi connectivity index (χ0) is 37.5. The molecule has 0 heterocycles. The lowest BCUT2D eigenvalue weighted by atomic mass is 10.0. The van der Waals surface area contributed by atoms with Crippen LogP contribution in [0.25, 0.3) is 0 Å². The van der Waals surface area contributed by atoms with E-state index in [0.717, 1.165) is 5.56 Å². The molecule has 0 radical (unpaired) electrons. The zero-order valence-electron chi connectivity index (χ0n) is 31.2. The molecular weight excluding hydrogens is 632 g/mol. The van der Waals surface area contributed by atoms with Crippen LogP contribution in [0, 0.1) is 5.92 Å². The van der Waals surface area contributed by atoms with Crippen molar-refractivity contribution in [3.8, 4) is 0 Å². The maximum absolute atomic E-state index is 12.7. The molecule has 0 aliphatic carbocycles. The van der Waals surface area contributed by atoms with Crippen molar-refractivity contribution in [2.24, 2.45) is 11.7 Å². The normalized spacial score (nSPS) is 13.5. The highest BCUT2D eigenvalue weighted by atomic mass is 16.6. The molecule has 2 atom stereocenters. The fourth-order valence-corrected chi connectivity index (χ4v) is 4.32. The number of ether oxygens (including phenoxy) is 4. The fourth-order valence-electron chi connectivity index (χ4n) is 4.32. The van der Waals surface area contributed by atoms with E-state index in [9.17, 15) is 24.0 Å². The fraction of sp³-hybridized carbons (Fsp3) is 0.694. The molecule has 1 aromatic carbocycles. The molecule has 0 saturated heterocycles. The number of primary amides is 1. The summed E-state index contributed by atoms with van der Waals surface area (Å²) < 4.78 is 22.6. The number of carbonyl (C=O) groups is 5. The largest absolute Gasteiger partial charge is 0.461 e. The van der Waals surface area contributed by atoms with Crippen LogP contribution in [-0.4, -0.2) is 77.9 Å². The van der Waals surface area contributed by atoms with Crippen LogP contribution in [0.5, 0.6) is 0 Å². The van der Waals surface area contributed by atoms with Crippen LogP contribution >= 0.6 is 0 Å². The van der Waals surface area contributed by atoms with Gasteiger partial charge in [0.25, 0.3) is 0 Å². The van der Waals surface area contributed by atoms with Crippen molar-refractivity contribution in [1.82, 2.24) is 16.0 Å². The second-order valence-electron chi connectivity index (χ2n) is 15.4.